The monoisotopic (exact) mass is 610 g/mol. The summed E-state index contributed by atoms with van der Waals surface area (Å²) in [4.78, 5) is 10.6. The predicted molar refractivity (Wildman–Crippen MR) is 151 cm³/mol. The molecule has 5 fully saturated rings. The van der Waals surface area contributed by atoms with E-state index in [1.165, 1.54) is 38.5 Å². The average Bonchev–Trinajstić information content (AvgIpc) is 3.40. The van der Waals surface area contributed by atoms with Crippen molar-refractivity contribution in [2.75, 3.05) is 13.2 Å². The summed E-state index contributed by atoms with van der Waals surface area (Å²) in [6.07, 6.45) is 15.8. The van der Waals surface area contributed by atoms with Gasteiger partial charge >= 0.3 is 14.6 Å². The molecule has 3 unspecified atom stereocenters. The van der Waals surface area contributed by atoms with Crippen molar-refractivity contribution in [2.24, 2.45) is 11.8 Å². The van der Waals surface area contributed by atoms with Gasteiger partial charge in [-0.1, -0.05) is 76.5 Å². The van der Waals surface area contributed by atoms with Gasteiger partial charge in [-0.2, -0.15) is 0 Å². The quantitative estimate of drug-likeness (QED) is 0.250. The van der Waals surface area contributed by atoms with Crippen LogP contribution >= 0.6 is 26.9 Å². The van der Waals surface area contributed by atoms with E-state index in [0.29, 0.717) is 19.3 Å². The molecule has 9 nitrogen and oxygen atoms in total. The average molecular weight is 611 g/mol. The van der Waals surface area contributed by atoms with Crippen LogP contribution in [0.15, 0.2) is 0 Å². The molecule has 2 bridgehead atoms. The summed E-state index contributed by atoms with van der Waals surface area (Å²) in [7, 11) is -4.35. The molecule has 0 aromatic carbocycles. The molecule has 0 aromatic heterocycles. The Morgan fingerprint density at radius 3 is 2.00 bits per heavy atom. The topological polar surface area (TPSA) is 110 Å². The van der Waals surface area contributed by atoms with Crippen LogP contribution in [0.3, 0.4) is 0 Å². The fourth-order valence-electron chi connectivity index (χ4n) is 7.25. The summed E-state index contributed by atoms with van der Waals surface area (Å²) >= 11 is 4.34. The molecule has 2 heterocycles. The minimum Gasteiger partial charge on any atom is -0.375 e. The second kappa shape index (κ2) is 14.3. The third kappa shape index (κ3) is 9.26. The smallest absolute Gasteiger partial charge is 0.375 e. The largest absolute Gasteiger partial charge is 0.472 e. The van der Waals surface area contributed by atoms with Gasteiger partial charge in [-0.15, -0.1) is 0 Å². The van der Waals surface area contributed by atoms with E-state index in [0.717, 1.165) is 51.4 Å². The van der Waals surface area contributed by atoms with Crippen molar-refractivity contribution in [3.63, 3.8) is 0 Å². The SMILES string of the molecule is O=P1(O)OC[C@@H]2C[C@@H](OP(=O)(S)OC[C@H]3C[C@@H](OC4CCCCCCC4)C[C@@H]3O1)C(C1CCCCCCC1)O2. The van der Waals surface area contributed by atoms with E-state index >= 15 is 0 Å². The predicted octanol–water partition coefficient (Wildman–Crippen LogP) is 7.37. The van der Waals surface area contributed by atoms with E-state index in [-0.39, 0.29) is 43.4 Å². The highest BCUT2D eigenvalue weighted by Gasteiger charge is 2.47. The summed E-state index contributed by atoms with van der Waals surface area (Å²) in [6, 6.07) is 0. The summed E-state index contributed by atoms with van der Waals surface area (Å²) < 4.78 is 62.3. The first-order chi connectivity index (χ1) is 18.8. The third-order valence-corrected chi connectivity index (χ3v) is 11.9. The highest BCUT2D eigenvalue weighted by molar-refractivity contribution is 8.44. The molecule has 1 N–H and O–H groups in total. The van der Waals surface area contributed by atoms with Crippen LogP contribution in [0.2, 0.25) is 0 Å². The van der Waals surface area contributed by atoms with Gasteiger partial charge in [-0.05, 0) is 38.0 Å². The summed E-state index contributed by atoms with van der Waals surface area (Å²) in [6.45, 7) is -3.75. The van der Waals surface area contributed by atoms with Crippen LogP contribution in [0.1, 0.15) is 109 Å². The van der Waals surface area contributed by atoms with Crippen LogP contribution in [-0.4, -0.2) is 54.7 Å². The molecule has 226 valence electrons. The van der Waals surface area contributed by atoms with E-state index in [1.807, 2.05) is 0 Å². The molecular formula is C27H48O9P2S. The van der Waals surface area contributed by atoms with Crippen LogP contribution in [0.5, 0.6) is 0 Å². The first-order valence-corrected chi connectivity index (χ1v) is 19.6. The van der Waals surface area contributed by atoms with Gasteiger partial charge in [0.25, 0.3) is 0 Å². The second-order valence-corrected chi connectivity index (χ2v) is 16.6. The van der Waals surface area contributed by atoms with Gasteiger partial charge in [-0.3, -0.25) is 13.6 Å². The van der Waals surface area contributed by atoms with Gasteiger partial charge in [0.05, 0.1) is 49.8 Å². The number of hydrogen-bond acceptors (Lipinski definition) is 8. The van der Waals surface area contributed by atoms with Crippen LogP contribution in [-0.2, 0) is 36.7 Å². The highest BCUT2D eigenvalue weighted by Crippen LogP contribution is 2.58. The molecule has 39 heavy (non-hydrogen) atoms. The third-order valence-electron chi connectivity index (χ3n) is 9.26. The number of ether oxygens (including phenoxy) is 2. The fourth-order valence-corrected chi connectivity index (χ4v) is 9.82. The molecule has 0 spiro atoms. The van der Waals surface area contributed by atoms with E-state index < -0.39 is 32.9 Å². The zero-order chi connectivity index (χ0) is 27.3. The number of hydrogen-bond donors (Lipinski definition) is 2. The summed E-state index contributed by atoms with van der Waals surface area (Å²) in [5.74, 6) is -0.0172. The van der Waals surface area contributed by atoms with Crippen molar-refractivity contribution in [1.29, 1.82) is 0 Å². The Bertz CT molecular complexity index is 862. The van der Waals surface area contributed by atoms with Crippen molar-refractivity contribution in [3.05, 3.63) is 0 Å². The Hall–Kier alpha value is 0.530. The van der Waals surface area contributed by atoms with E-state index in [4.69, 9.17) is 27.6 Å². The molecule has 0 radical (unpaired) electrons. The fraction of sp³-hybridized carbons (Fsp3) is 1.00. The zero-order valence-corrected chi connectivity index (χ0v) is 25.8. The molecule has 12 heteroatoms. The molecular weight excluding hydrogens is 562 g/mol. The Labute approximate surface area is 239 Å². The van der Waals surface area contributed by atoms with Gasteiger partial charge in [0, 0.05) is 18.8 Å². The van der Waals surface area contributed by atoms with Gasteiger partial charge in [0.1, 0.15) is 0 Å². The normalized spacial score (nSPS) is 44.6. The number of phosphoric acid groups is 1. The Morgan fingerprint density at radius 1 is 0.667 bits per heavy atom. The maximum Gasteiger partial charge on any atom is 0.472 e. The van der Waals surface area contributed by atoms with Crippen molar-refractivity contribution < 1.29 is 41.6 Å². The molecule has 2 saturated heterocycles. The lowest BCUT2D eigenvalue weighted by molar-refractivity contribution is -0.0467. The van der Waals surface area contributed by atoms with Crippen LogP contribution in [0.25, 0.3) is 0 Å². The van der Waals surface area contributed by atoms with Gasteiger partial charge in [0.2, 0.25) is 0 Å². The number of thiol groups is 1. The van der Waals surface area contributed by atoms with Gasteiger partial charge in [-0.25, -0.2) is 9.13 Å². The maximum absolute atomic E-state index is 13.4. The van der Waals surface area contributed by atoms with Gasteiger partial charge in [0.15, 0.2) is 0 Å². The minimum atomic E-state index is -4.35. The summed E-state index contributed by atoms with van der Waals surface area (Å²) in [5.41, 5.74) is 0. The van der Waals surface area contributed by atoms with E-state index in [1.54, 1.807) is 0 Å². The second-order valence-electron chi connectivity index (χ2n) is 12.3. The first kappa shape index (κ1) is 31.0. The number of rotatable bonds is 3. The molecule has 0 amide bonds. The number of fused-ring (bicyclic) bond motifs is 3. The Morgan fingerprint density at radius 2 is 1.31 bits per heavy atom. The maximum atomic E-state index is 13.4. The van der Waals surface area contributed by atoms with Crippen molar-refractivity contribution in [2.45, 2.75) is 146 Å². The van der Waals surface area contributed by atoms with E-state index in [2.05, 4.69) is 12.2 Å². The lowest BCUT2D eigenvalue weighted by atomic mass is 9.85. The molecule has 3 saturated carbocycles. The molecule has 2 aliphatic heterocycles. The molecule has 3 aliphatic carbocycles. The lowest BCUT2D eigenvalue weighted by Crippen LogP contribution is -2.32. The molecule has 5 rings (SSSR count). The van der Waals surface area contributed by atoms with Gasteiger partial charge < -0.3 is 18.9 Å². The Kier molecular flexibility index (Phi) is 11.4. The van der Waals surface area contributed by atoms with Crippen LogP contribution in [0, 0.1) is 11.8 Å². The van der Waals surface area contributed by atoms with E-state index in [9.17, 15) is 14.0 Å². The summed E-state index contributed by atoms with van der Waals surface area (Å²) in [5, 5.41) is 0. The highest BCUT2D eigenvalue weighted by atomic mass is 32.7. The lowest BCUT2D eigenvalue weighted by Gasteiger charge is -2.31. The van der Waals surface area contributed by atoms with Crippen molar-refractivity contribution in [1.82, 2.24) is 0 Å². The van der Waals surface area contributed by atoms with Crippen LogP contribution in [0.4, 0.5) is 0 Å². The van der Waals surface area contributed by atoms with Crippen molar-refractivity contribution >= 4 is 26.9 Å². The number of phosphoric ester groups is 1. The Balaban J connectivity index is 1.26. The molecule has 8 atom stereocenters. The minimum absolute atomic E-state index is 0.0427. The van der Waals surface area contributed by atoms with Crippen molar-refractivity contribution in [3.8, 4) is 0 Å². The molecule has 5 aliphatic rings. The first-order valence-electron chi connectivity index (χ1n) is 15.4. The molecule has 0 aromatic rings. The van der Waals surface area contributed by atoms with Crippen LogP contribution < -0.4 is 0 Å². The standard InChI is InChI=1S/C27H48O9P2S/c28-37(29)31-19-24-17-26(27(34-24)20-11-7-3-1-4-8-12-20)36-38(30,39)32-18-21-15-23(16-25(21)35-37)33-22-13-9-5-2-6-10-14-22/h20-27H,1-19H2,(H,28,29)(H,30,39)/t21-,23-,24+,25+,26-,27?,38?/m1/s1. The zero-order valence-electron chi connectivity index (χ0n) is 23.1.